The maximum Gasteiger partial charge on any atom is 0.332 e. The molecule has 0 saturated carbocycles. The first kappa shape index (κ1) is 23.2. The number of hydrogen-bond donors (Lipinski definition) is 1. The molecule has 0 spiro atoms. The van der Waals surface area contributed by atoms with Gasteiger partial charge in [0, 0.05) is 30.6 Å². The lowest BCUT2D eigenvalue weighted by atomic mass is 9.90. The van der Waals surface area contributed by atoms with E-state index in [4.69, 9.17) is 9.73 Å². The minimum atomic E-state index is -1.33. The third kappa shape index (κ3) is 6.25. The molecule has 4 nitrogen and oxygen atoms in total. The van der Waals surface area contributed by atoms with E-state index in [2.05, 4.69) is 0 Å². The summed E-state index contributed by atoms with van der Waals surface area (Å²) in [6.45, 7) is 2.62. The summed E-state index contributed by atoms with van der Waals surface area (Å²) in [6, 6.07) is 29.3. The second-order valence-corrected chi connectivity index (χ2v) is 7.59. The van der Waals surface area contributed by atoms with Crippen LogP contribution in [0.1, 0.15) is 36.5 Å². The smallest absolute Gasteiger partial charge is 0.332 e. The zero-order valence-corrected chi connectivity index (χ0v) is 18.4. The van der Waals surface area contributed by atoms with Gasteiger partial charge in [-0.15, -0.1) is 0 Å². The van der Waals surface area contributed by atoms with Gasteiger partial charge < -0.3 is 9.84 Å². The van der Waals surface area contributed by atoms with E-state index < -0.39 is 11.5 Å². The lowest BCUT2D eigenvalue weighted by Gasteiger charge is -2.26. The summed E-state index contributed by atoms with van der Waals surface area (Å²) < 4.78 is 5.84. The number of allylic oxidation sites excluding steroid dienone is 1. The van der Waals surface area contributed by atoms with Gasteiger partial charge in [0.25, 0.3) is 0 Å². The second kappa shape index (κ2) is 11.8. The van der Waals surface area contributed by atoms with Crippen LogP contribution in [0.3, 0.4) is 0 Å². The van der Waals surface area contributed by atoms with Gasteiger partial charge in [-0.25, -0.2) is 4.79 Å². The molecule has 0 aliphatic heterocycles. The number of carbonyl (C=O) groups is 1. The van der Waals surface area contributed by atoms with Gasteiger partial charge in [0.1, 0.15) is 0 Å². The topological polar surface area (TPSA) is 58.9 Å². The van der Waals surface area contributed by atoms with Gasteiger partial charge in [0.15, 0.2) is 5.54 Å². The van der Waals surface area contributed by atoms with Crippen LogP contribution in [0.5, 0.6) is 0 Å². The average Bonchev–Trinajstić information content (AvgIpc) is 2.84. The van der Waals surface area contributed by atoms with Crippen LogP contribution in [-0.4, -0.2) is 28.9 Å². The van der Waals surface area contributed by atoms with Gasteiger partial charge in [-0.3, -0.25) is 4.99 Å². The number of carboxylic acids is 1. The summed E-state index contributed by atoms with van der Waals surface area (Å²) in [5.41, 5.74) is 2.16. The number of aliphatic carboxylic acids is 1. The van der Waals surface area contributed by atoms with Crippen molar-refractivity contribution in [2.75, 3.05) is 6.61 Å². The van der Waals surface area contributed by atoms with Crippen molar-refractivity contribution in [2.45, 2.75) is 31.9 Å². The van der Waals surface area contributed by atoms with Crippen molar-refractivity contribution < 1.29 is 14.6 Å². The quantitative estimate of drug-likeness (QED) is 0.235. The normalized spacial score (nSPS) is 12.9. The highest BCUT2D eigenvalue weighted by Crippen LogP contribution is 2.26. The minimum Gasteiger partial charge on any atom is -0.479 e. The molecule has 3 aromatic carbocycles. The van der Waals surface area contributed by atoms with Crippen LogP contribution >= 0.6 is 0 Å². The van der Waals surface area contributed by atoms with E-state index in [9.17, 15) is 9.90 Å². The lowest BCUT2D eigenvalue weighted by Crippen LogP contribution is -2.39. The van der Waals surface area contributed by atoms with E-state index >= 15 is 0 Å². The van der Waals surface area contributed by atoms with Crippen LogP contribution < -0.4 is 0 Å². The van der Waals surface area contributed by atoms with Gasteiger partial charge >= 0.3 is 5.97 Å². The predicted molar refractivity (Wildman–Crippen MR) is 129 cm³/mol. The minimum absolute atomic E-state index is 0.267. The van der Waals surface area contributed by atoms with Gasteiger partial charge in [-0.2, -0.15) is 0 Å². The van der Waals surface area contributed by atoms with Crippen molar-refractivity contribution in [3.63, 3.8) is 0 Å². The number of aliphatic imine (C=N–C) groups is 1. The maximum absolute atomic E-state index is 12.6. The van der Waals surface area contributed by atoms with E-state index in [-0.39, 0.29) is 12.8 Å². The Hall–Kier alpha value is -3.50. The monoisotopic (exact) mass is 427 g/mol. The van der Waals surface area contributed by atoms with Crippen LogP contribution in [-0.2, 0) is 16.1 Å². The van der Waals surface area contributed by atoms with E-state index in [1.807, 2.05) is 110 Å². The van der Waals surface area contributed by atoms with Gasteiger partial charge in [-0.05, 0) is 12.5 Å². The molecule has 0 saturated heterocycles. The Morgan fingerprint density at radius 3 is 1.94 bits per heavy atom. The molecule has 0 radical (unpaired) electrons. The molecule has 32 heavy (non-hydrogen) atoms. The highest BCUT2D eigenvalue weighted by molar-refractivity contribution is 6.13. The molecule has 0 aromatic heterocycles. The molecule has 164 valence electrons. The van der Waals surface area contributed by atoms with Crippen LogP contribution in [0.25, 0.3) is 0 Å². The number of rotatable bonds is 11. The van der Waals surface area contributed by atoms with Crippen LogP contribution in [0, 0.1) is 0 Å². The summed E-state index contributed by atoms with van der Waals surface area (Å²) in [5, 5.41) is 10.3. The molecule has 0 aliphatic rings. The molecule has 0 bridgehead atoms. The molecule has 0 heterocycles. The summed E-state index contributed by atoms with van der Waals surface area (Å²) in [4.78, 5) is 17.5. The molecule has 1 atom stereocenters. The first-order valence-corrected chi connectivity index (χ1v) is 10.8. The Morgan fingerprint density at radius 2 is 1.44 bits per heavy atom. The maximum atomic E-state index is 12.6. The third-order valence-electron chi connectivity index (χ3n) is 5.28. The molecule has 4 heteroatoms. The van der Waals surface area contributed by atoms with E-state index in [1.54, 1.807) is 0 Å². The SMILES string of the molecule is CC=CCC(CCOCc1ccccc1)(N=C(c1ccccc1)c1ccccc1)C(=O)O. The fourth-order valence-electron chi connectivity index (χ4n) is 3.47. The zero-order chi connectivity index (χ0) is 22.7. The number of benzene rings is 3. The number of nitrogens with zero attached hydrogens (tertiary/aromatic N) is 1. The van der Waals surface area contributed by atoms with Crippen LogP contribution in [0.2, 0.25) is 0 Å². The molecule has 1 unspecified atom stereocenters. The van der Waals surface area contributed by atoms with Crippen molar-refractivity contribution in [3.05, 3.63) is 120 Å². The van der Waals surface area contributed by atoms with E-state index in [1.165, 1.54) is 0 Å². The van der Waals surface area contributed by atoms with Gasteiger partial charge in [-0.1, -0.05) is 103 Å². The Morgan fingerprint density at radius 1 is 0.906 bits per heavy atom. The van der Waals surface area contributed by atoms with Gasteiger partial charge in [0.05, 0.1) is 12.3 Å². The highest BCUT2D eigenvalue weighted by Gasteiger charge is 2.37. The zero-order valence-electron chi connectivity index (χ0n) is 18.4. The van der Waals surface area contributed by atoms with Crippen molar-refractivity contribution in [1.82, 2.24) is 0 Å². The highest BCUT2D eigenvalue weighted by atomic mass is 16.5. The predicted octanol–water partition coefficient (Wildman–Crippen LogP) is 5.92. The summed E-state index contributed by atoms with van der Waals surface area (Å²) in [7, 11) is 0. The largest absolute Gasteiger partial charge is 0.479 e. The average molecular weight is 428 g/mol. The third-order valence-corrected chi connectivity index (χ3v) is 5.28. The molecular formula is C28H29NO3. The lowest BCUT2D eigenvalue weighted by molar-refractivity contribution is -0.143. The molecule has 3 rings (SSSR count). The van der Waals surface area contributed by atoms with Crippen molar-refractivity contribution >= 4 is 11.7 Å². The fraction of sp³-hybridized carbons (Fsp3) is 0.214. The number of hydrogen-bond acceptors (Lipinski definition) is 3. The Kier molecular flexibility index (Phi) is 8.52. The summed E-state index contributed by atoms with van der Waals surface area (Å²) in [5.74, 6) is -0.955. The van der Waals surface area contributed by atoms with E-state index in [0.717, 1.165) is 16.7 Å². The Labute approximate surface area is 189 Å². The first-order valence-electron chi connectivity index (χ1n) is 10.8. The Bertz CT molecular complexity index is 989. The summed E-state index contributed by atoms with van der Waals surface area (Å²) in [6.07, 6.45) is 4.28. The van der Waals surface area contributed by atoms with Crippen molar-refractivity contribution in [3.8, 4) is 0 Å². The Balaban J connectivity index is 1.94. The molecule has 1 N–H and O–H groups in total. The van der Waals surface area contributed by atoms with Crippen molar-refractivity contribution in [2.24, 2.45) is 4.99 Å². The standard InChI is InChI=1S/C28H29NO3/c1-2-3-19-28(27(30)31,20-21-32-22-23-13-7-4-8-14-23)29-26(24-15-9-5-10-16-24)25-17-11-6-12-18-25/h2-18H,19-22H2,1H3,(H,30,31). The number of ether oxygens (including phenoxy) is 1. The fourth-order valence-corrected chi connectivity index (χ4v) is 3.47. The molecule has 0 aliphatic carbocycles. The summed E-state index contributed by atoms with van der Waals surface area (Å²) >= 11 is 0. The second-order valence-electron chi connectivity index (χ2n) is 7.59. The number of carboxylic acid groups (broad SMARTS) is 1. The molecule has 0 fully saturated rings. The van der Waals surface area contributed by atoms with Crippen LogP contribution in [0.4, 0.5) is 0 Å². The molecular weight excluding hydrogens is 398 g/mol. The van der Waals surface area contributed by atoms with E-state index in [0.29, 0.717) is 18.9 Å². The first-order chi connectivity index (χ1) is 15.6. The molecule has 0 amide bonds. The van der Waals surface area contributed by atoms with Crippen LogP contribution in [0.15, 0.2) is 108 Å². The van der Waals surface area contributed by atoms with Gasteiger partial charge in [0.2, 0.25) is 0 Å². The molecule has 3 aromatic rings. The van der Waals surface area contributed by atoms with Crippen molar-refractivity contribution in [1.29, 1.82) is 0 Å².